The fourth-order valence-corrected chi connectivity index (χ4v) is 3.49. The Morgan fingerprint density at radius 1 is 1.08 bits per heavy atom. The minimum Gasteiger partial charge on any atom is -0.464 e. The van der Waals surface area contributed by atoms with Gasteiger partial charge in [0.2, 0.25) is 0 Å². The second-order valence-corrected chi connectivity index (χ2v) is 6.80. The molecule has 3 aromatic rings. The molecule has 2 heterocycles. The molecule has 1 fully saturated rings. The first kappa shape index (κ1) is 16.8. The lowest BCUT2D eigenvalue weighted by Gasteiger charge is -2.36. The van der Waals surface area contributed by atoms with Crippen LogP contribution in [0.4, 0.5) is 10.1 Å². The molecule has 1 aromatic heterocycles. The third-order valence-corrected chi connectivity index (χ3v) is 4.96. The standard InChI is InChI=1S/C21H21FN2O2/c1-15-6-7-20-17(12-15)21(25)16(14-26-20)13-23-8-10-24(11-9-23)19-5-3-2-4-18(19)22/h2-7,12,14H,8-11,13H2,1H3. The smallest absolute Gasteiger partial charge is 0.197 e. The molecule has 26 heavy (non-hydrogen) atoms. The van der Waals surface area contributed by atoms with Crippen LogP contribution in [0.1, 0.15) is 11.1 Å². The van der Waals surface area contributed by atoms with Crippen LogP contribution in [0.2, 0.25) is 0 Å². The maximum Gasteiger partial charge on any atom is 0.197 e. The van der Waals surface area contributed by atoms with Gasteiger partial charge < -0.3 is 9.32 Å². The van der Waals surface area contributed by atoms with E-state index in [1.54, 1.807) is 12.3 Å². The molecule has 134 valence electrons. The van der Waals surface area contributed by atoms with Gasteiger partial charge in [-0.2, -0.15) is 0 Å². The van der Waals surface area contributed by atoms with Crippen molar-refractivity contribution in [1.82, 2.24) is 4.90 Å². The van der Waals surface area contributed by atoms with Crippen molar-refractivity contribution in [2.75, 3.05) is 31.1 Å². The van der Waals surface area contributed by atoms with Crippen LogP contribution in [0.25, 0.3) is 11.0 Å². The summed E-state index contributed by atoms with van der Waals surface area (Å²) in [5.74, 6) is -0.188. The number of anilines is 1. The van der Waals surface area contributed by atoms with E-state index in [4.69, 9.17) is 4.42 Å². The van der Waals surface area contributed by atoms with Crippen LogP contribution in [0.5, 0.6) is 0 Å². The average Bonchev–Trinajstić information content (AvgIpc) is 2.66. The molecular formula is C21H21FN2O2. The molecule has 0 spiro atoms. The zero-order valence-corrected chi connectivity index (χ0v) is 14.7. The van der Waals surface area contributed by atoms with E-state index in [9.17, 15) is 9.18 Å². The van der Waals surface area contributed by atoms with Crippen LogP contribution >= 0.6 is 0 Å². The fraction of sp³-hybridized carbons (Fsp3) is 0.286. The molecule has 0 saturated carbocycles. The summed E-state index contributed by atoms with van der Waals surface area (Å²) in [6.45, 7) is 5.54. The number of halogens is 1. The Bertz CT molecular complexity index is 991. The van der Waals surface area contributed by atoms with Gasteiger partial charge in [-0.3, -0.25) is 9.69 Å². The van der Waals surface area contributed by atoms with Crippen molar-refractivity contribution in [2.45, 2.75) is 13.5 Å². The molecule has 4 nitrogen and oxygen atoms in total. The zero-order chi connectivity index (χ0) is 18.1. The van der Waals surface area contributed by atoms with E-state index in [0.29, 0.717) is 28.8 Å². The summed E-state index contributed by atoms with van der Waals surface area (Å²) in [6, 6.07) is 12.5. The molecule has 0 aliphatic carbocycles. The monoisotopic (exact) mass is 352 g/mol. The SMILES string of the molecule is Cc1ccc2occ(CN3CCN(c4ccccc4F)CC3)c(=O)c2c1. The molecule has 1 aliphatic rings. The number of hydrogen-bond donors (Lipinski definition) is 0. The van der Waals surface area contributed by atoms with Gasteiger partial charge in [0.25, 0.3) is 0 Å². The number of hydrogen-bond acceptors (Lipinski definition) is 4. The molecule has 2 aromatic carbocycles. The Morgan fingerprint density at radius 2 is 1.85 bits per heavy atom. The number of nitrogens with zero attached hydrogens (tertiary/aromatic N) is 2. The molecule has 0 bridgehead atoms. The first-order chi connectivity index (χ1) is 12.6. The van der Waals surface area contributed by atoms with Gasteiger partial charge in [0.1, 0.15) is 11.4 Å². The van der Waals surface area contributed by atoms with Gasteiger partial charge in [-0.1, -0.05) is 23.8 Å². The van der Waals surface area contributed by atoms with E-state index in [0.717, 1.165) is 31.7 Å². The van der Waals surface area contributed by atoms with Crippen molar-refractivity contribution < 1.29 is 8.81 Å². The van der Waals surface area contributed by atoms with Crippen molar-refractivity contribution in [2.24, 2.45) is 0 Å². The van der Waals surface area contributed by atoms with Crippen LogP contribution in [0, 0.1) is 12.7 Å². The van der Waals surface area contributed by atoms with E-state index < -0.39 is 0 Å². The first-order valence-electron chi connectivity index (χ1n) is 8.85. The van der Waals surface area contributed by atoms with Crippen LogP contribution < -0.4 is 10.3 Å². The van der Waals surface area contributed by atoms with E-state index >= 15 is 0 Å². The van der Waals surface area contributed by atoms with Crippen LogP contribution in [0.3, 0.4) is 0 Å². The normalized spacial score (nSPS) is 15.5. The molecule has 4 rings (SSSR count). The summed E-state index contributed by atoms with van der Waals surface area (Å²) < 4.78 is 19.6. The highest BCUT2D eigenvalue weighted by Crippen LogP contribution is 2.21. The van der Waals surface area contributed by atoms with Crippen molar-refractivity contribution in [3.05, 3.63) is 75.9 Å². The lowest BCUT2D eigenvalue weighted by molar-refractivity contribution is 0.247. The number of aryl methyl sites for hydroxylation is 1. The van der Waals surface area contributed by atoms with E-state index in [1.807, 2.05) is 37.3 Å². The highest BCUT2D eigenvalue weighted by molar-refractivity contribution is 5.77. The van der Waals surface area contributed by atoms with Gasteiger partial charge in [0, 0.05) is 38.3 Å². The Labute approximate surface area is 151 Å². The number of piperazine rings is 1. The number of fused-ring (bicyclic) bond motifs is 1. The van der Waals surface area contributed by atoms with E-state index in [-0.39, 0.29) is 11.2 Å². The Balaban J connectivity index is 1.48. The largest absolute Gasteiger partial charge is 0.464 e. The second kappa shape index (κ2) is 6.92. The number of benzene rings is 2. The van der Waals surface area contributed by atoms with Gasteiger partial charge in [-0.15, -0.1) is 0 Å². The van der Waals surface area contributed by atoms with Gasteiger partial charge in [0.05, 0.1) is 17.3 Å². The lowest BCUT2D eigenvalue weighted by Crippen LogP contribution is -2.46. The van der Waals surface area contributed by atoms with Crippen molar-refractivity contribution in [3.63, 3.8) is 0 Å². The lowest BCUT2D eigenvalue weighted by atomic mass is 10.1. The highest BCUT2D eigenvalue weighted by atomic mass is 19.1. The maximum absolute atomic E-state index is 13.9. The predicted molar refractivity (Wildman–Crippen MR) is 101 cm³/mol. The summed E-state index contributed by atoms with van der Waals surface area (Å²) >= 11 is 0. The summed E-state index contributed by atoms with van der Waals surface area (Å²) in [5.41, 5.74) is 3.01. The third-order valence-electron chi connectivity index (χ3n) is 4.96. The van der Waals surface area contributed by atoms with Gasteiger partial charge >= 0.3 is 0 Å². The highest BCUT2D eigenvalue weighted by Gasteiger charge is 2.20. The quantitative estimate of drug-likeness (QED) is 0.722. The maximum atomic E-state index is 13.9. The number of para-hydroxylation sites is 1. The summed E-state index contributed by atoms with van der Waals surface area (Å²) in [7, 11) is 0. The zero-order valence-electron chi connectivity index (χ0n) is 14.7. The molecule has 0 amide bonds. The van der Waals surface area contributed by atoms with Crippen LogP contribution in [0.15, 0.2) is 57.9 Å². The van der Waals surface area contributed by atoms with Gasteiger partial charge in [0.15, 0.2) is 5.43 Å². The van der Waals surface area contributed by atoms with E-state index in [1.165, 1.54) is 6.07 Å². The molecular weight excluding hydrogens is 331 g/mol. The molecule has 0 atom stereocenters. The van der Waals surface area contributed by atoms with E-state index in [2.05, 4.69) is 9.80 Å². The van der Waals surface area contributed by atoms with Crippen LogP contribution in [-0.4, -0.2) is 31.1 Å². The molecule has 1 saturated heterocycles. The topological polar surface area (TPSA) is 36.7 Å². The average molecular weight is 352 g/mol. The van der Waals surface area contributed by atoms with Crippen molar-refractivity contribution >= 4 is 16.7 Å². The second-order valence-electron chi connectivity index (χ2n) is 6.80. The fourth-order valence-electron chi connectivity index (χ4n) is 3.49. The molecule has 0 N–H and O–H groups in total. The molecule has 1 aliphatic heterocycles. The number of rotatable bonds is 3. The van der Waals surface area contributed by atoms with Gasteiger partial charge in [-0.05, 0) is 31.2 Å². The minimum atomic E-state index is -0.188. The van der Waals surface area contributed by atoms with Crippen molar-refractivity contribution in [3.8, 4) is 0 Å². The molecule has 5 heteroatoms. The summed E-state index contributed by atoms with van der Waals surface area (Å²) in [5, 5.41) is 0.632. The predicted octanol–water partition coefficient (Wildman–Crippen LogP) is 3.56. The van der Waals surface area contributed by atoms with Crippen molar-refractivity contribution in [1.29, 1.82) is 0 Å². The Hall–Kier alpha value is -2.66. The van der Waals surface area contributed by atoms with Gasteiger partial charge in [-0.25, -0.2) is 4.39 Å². The summed E-state index contributed by atoms with van der Waals surface area (Å²) in [6.07, 6.45) is 1.57. The first-order valence-corrected chi connectivity index (χ1v) is 8.85. The third kappa shape index (κ3) is 3.22. The minimum absolute atomic E-state index is 0.0338. The summed E-state index contributed by atoms with van der Waals surface area (Å²) in [4.78, 5) is 17.0. The van der Waals surface area contributed by atoms with Crippen LogP contribution in [-0.2, 0) is 6.54 Å². The Morgan fingerprint density at radius 3 is 2.62 bits per heavy atom. The molecule has 0 unspecified atom stereocenters. The molecule has 0 radical (unpaired) electrons. The Kier molecular flexibility index (Phi) is 4.47.